The summed E-state index contributed by atoms with van der Waals surface area (Å²) in [5.41, 5.74) is -0.0666. The first-order valence-corrected chi connectivity index (χ1v) is 4.77. The lowest BCUT2D eigenvalue weighted by Crippen LogP contribution is -2.54. The van der Waals surface area contributed by atoms with Crippen molar-refractivity contribution in [1.29, 1.82) is 0 Å². The van der Waals surface area contributed by atoms with Gasteiger partial charge in [-0.2, -0.15) is 0 Å². The van der Waals surface area contributed by atoms with Crippen LogP contribution in [0.3, 0.4) is 0 Å². The zero-order chi connectivity index (χ0) is 10.3. The van der Waals surface area contributed by atoms with E-state index >= 15 is 0 Å². The van der Waals surface area contributed by atoms with Crippen molar-refractivity contribution in [3.63, 3.8) is 0 Å². The minimum atomic E-state index is -0.0666. The number of aliphatic hydroxyl groups excluding tert-OH is 1. The summed E-state index contributed by atoms with van der Waals surface area (Å²) in [6.07, 6.45) is 1.73. The molecule has 1 unspecified atom stereocenters. The Kier molecular flexibility index (Phi) is 6.24. The van der Waals surface area contributed by atoms with Gasteiger partial charge < -0.3 is 21.1 Å². The largest absolute Gasteiger partial charge is 0.396 e. The zero-order valence-corrected chi connectivity index (χ0v) is 9.15. The van der Waals surface area contributed by atoms with E-state index in [1.54, 1.807) is 0 Å². The number of aliphatic hydroxyl groups is 1. The van der Waals surface area contributed by atoms with Gasteiger partial charge in [0.1, 0.15) is 0 Å². The minimum Gasteiger partial charge on any atom is -0.396 e. The van der Waals surface area contributed by atoms with Gasteiger partial charge in [-0.3, -0.25) is 0 Å². The van der Waals surface area contributed by atoms with E-state index in [9.17, 15) is 0 Å². The first kappa shape index (κ1) is 12.8. The standard InChI is InChI=1S/C9H23N3O/c1-9(11-3,12-4)7-8(10-2)5-6-13/h8,10-13H,5-7H2,1-4H3. The van der Waals surface area contributed by atoms with Gasteiger partial charge in [-0.15, -0.1) is 0 Å². The third-order valence-corrected chi connectivity index (χ3v) is 2.64. The van der Waals surface area contributed by atoms with E-state index in [1.807, 2.05) is 21.1 Å². The van der Waals surface area contributed by atoms with Crippen molar-refractivity contribution in [3.8, 4) is 0 Å². The van der Waals surface area contributed by atoms with Gasteiger partial charge in [0.05, 0.1) is 5.66 Å². The smallest absolute Gasteiger partial charge is 0.0668 e. The second-order valence-electron chi connectivity index (χ2n) is 3.53. The number of nitrogens with one attached hydrogen (secondary N) is 3. The van der Waals surface area contributed by atoms with Crippen LogP contribution in [0.5, 0.6) is 0 Å². The summed E-state index contributed by atoms with van der Waals surface area (Å²) in [4.78, 5) is 0. The van der Waals surface area contributed by atoms with E-state index in [-0.39, 0.29) is 12.3 Å². The van der Waals surface area contributed by atoms with Crippen LogP contribution in [-0.2, 0) is 0 Å². The monoisotopic (exact) mass is 189 g/mol. The third-order valence-electron chi connectivity index (χ3n) is 2.64. The summed E-state index contributed by atoms with van der Waals surface area (Å²) >= 11 is 0. The lowest BCUT2D eigenvalue weighted by atomic mass is 10.00. The highest BCUT2D eigenvalue weighted by Crippen LogP contribution is 2.09. The van der Waals surface area contributed by atoms with E-state index in [0.29, 0.717) is 6.04 Å². The molecule has 0 amide bonds. The molecule has 4 nitrogen and oxygen atoms in total. The molecule has 0 aromatic rings. The lowest BCUT2D eigenvalue weighted by molar-refractivity contribution is 0.222. The average Bonchev–Trinajstić information content (AvgIpc) is 2.17. The van der Waals surface area contributed by atoms with Crippen molar-refractivity contribution >= 4 is 0 Å². The quantitative estimate of drug-likeness (QED) is 0.408. The normalized spacial score (nSPS) is 14.5. The van der Waals surface area contributed by atoms with Crippen LogP contribution in [0.2, 0.25) is 0 Å². The fourth-order valence-electron chi connectivity index (χ4n) is 1.33. The van der Waals surface area contributed by atoms with Crippen LogP contribution >= 0.6 is 0 Å². The molecule has 0 aromatic heterocycles. The molecule has 0 aliphatic carbocycles. The van der Waals surface area contributed by atoms with Crippen LogP contribution in [0.4, 0.5) is 0 Å². The molecule has 13 heavy (non-hydrogen) atoms. The van der Waals surface area contributed by atoms with Gasteiger partial charge in [0.2, 0.25) is 0 Å². The van der Waals surface area contributed by atoms with Crippen LogP contribution < -0.4 is 16.0 Å². The molecule has 1 atom stereocenters. The molecule has 80 valence electrons. The molecule has 0 fully saturated rings. The summed E-state index contributed by atoms with van der Waals surface area (Å²) in [6, 6.07) is 0.343. The molecule has 0 saturated carbocycles. The molecule has 0 rings (SSSR count). The van der Waals surface area contributed by atoms with Gasteiger partial charge in [-0.25, -0.2) is 0 Å². The molecule has 0 radical (unpaired) electrons. The maximum Gasteiger partial charge on any atom is 0.0668 e. The number of hydrogen-bond acceptors (Lipinski definition) is 4. The van der Waals surface area contributed by atoms with Gasteiger partial charge in [0.15, 0.2) is 0 Å². The number of hydrogen-bond donors (Lipinski definition) is 4. The number of rotatable bonds is 7. The lowest BCUT2D eigenvalue weighted by Gasteiger charge is -2.32. The van der Waals surface area contributed by atoms with Crippen LogP contribution in [0.25, 0.3) is 0 Å². The topological polar surface area (TPSA) is 56.3 Å². The highest BCUT2D eigenvalue weighted by atomic mass is 16.3. The van der Waals surface area contributed by atoms with Gasteiger partial charge in [-0.05, 0) is 40.9 Å². The molecule has 0 aliphatic rings. The average molecular weight is 189 g/mol. The Bertz CT molecular complexity index is 126. The fourth-order valence-corrected chi connectivity index (χ4v) is 1.33. The Morgan fingerprint density at radius 1 is 1.23 bits per heavy atom. The van der Waals surface area contributed by atoms with Gasteiger partial charge >= 0.3 is 0 Å². The van der Waals surface area contributed by atoms with Crippen molar-refractivity contribution in [2.24, 2.45) is 0 Å². The summed E-state index contributed by atoms with van der Waals surface area (Å²) in [7, 11) is 5.79. The van der Waals surface area contributed by atoms with Gasteiger partial charge in [-0.1, -0.05) is 0 Å². The maximum absolute atomic E-state index is 8.83. The van der Waals surface area contributed by atoms with E-state index in [2.05, 4.69) is 22.9 Å². The van der Waals surface area contributed by atoms with Crippen molar-refractivity contribution in [2.75, 3.05) is 27.7 Å². The van der Waals surface area contributed by atoms with Crippen LogP contribution in [0.15, 0.2) is 0 Å². The second-order valence-corrected chi connectivity index (χ2v) is 3.53. The minimum absolute atomic E-state index is 0.0666. The first-order valence-electron chi connectivity index (χ1n) is 4.77. The SMILES string of the molecule is CNC(CCO)CC(C)(NC)NC. The Labute approximate surface area is 81.1 Å². The van der Waals surface area contributed by atoms with Crippen molar-refractivity contribution < 1.29 is 5.11 Å². The molecule has 4 N–H and O–H groups in total. The van der Waals surface area contributed by atoms with E-state index in [4.69, 9.17) is 5.11 Å². The predicted molar refractivity (Wildman–Crippen MR) is 55.7 cm³/mol. The Morgan fingerprint density at radius 3 is 2.08 bits per heavy atom. The van der Waals surface area contributed by atoms with E-state index in [1.165, 1.54) is 0 Å². The molecule has 0 saturated heterocycles. The van der Waals surface area contributed by atoms with Gasteiger partial charge in [0.25, 0.3) is 0 Å². The Balaban J connectivity index is 4.02. The van der Waals surface area contributed by atoms with Crippen molar-refractivity contribution in [2.45, 2.75) is 31.5 Å². The highest BCUT2D eigenvalue weighted by Gasteiger charge is 2.23. The molecule has 0 heterocycles. The molecular formula is C9H23N3O. The van der Waals surface area contributed by atoms with Crippen molar-refractivity contribution in [3.05, 3.63) is 0 Å². The Hall–Kier alpha value is -0.160. The third kappa shape index (κ3) is 4.57. The van der Waals surface area contributed by atoms with Crippen LogP contribution in [0.1, 0.15) is 19.8 Å². The first-order chi connectivity index (χ1) is 6.11. The van der Waals surface area contributed by atoms with E-state index < -0.39 is 0 Å². The summed E-state index contributed by atoms with van der Waals surface area (Å²) in [5, 5.41) is 18.5. The van der Waals surface area contributed by atoms with E-state index in [0.717, 1.165) is 12.8 Å². The fraction of sp³-hybridized carbons (Fsp3) is 1.00. The summed E-state index contributed by atoms with van der Waals surface area (Å²) < 4.78 is 0. The molecule has 0 spiro atoms. The molecule has 0 aliphatic heterocycles. The molecular weight excluding hydrogens is 166 g/mol. The molecule has 0 aromatic carbocycles. The predicted octanol–water partition coefficient (Wildman–Crippen LogP) is -0.498. The zero-order valence-electron chi connectivity index (χ0n) is 9.15. The Morgan fingerprint density at radius 2 is 1.77 bits per heavy atom. The summed E-state index contributed by atoms with van der Waals surface area (Å²) in [6.45, 7) is 2.34. The van der Waals surface area contributed by atoms with Crippen LogP contribution in [0, 0.1) is 0 Å². The second kappa shape index (κ2) is 6.32. The van der Waals surface area contributed by atoms with Gasteiger partial charge in [0, 0.05) is 12.6 Å². The summed E-state index contributed by atoms with van der Waals surface area (Å²) in [5.74, 6) is 0. The highest BCUT2D eigenvalue weighted by molar-refractivity contribution is 4.82. The van der Waals surface area contributed by atoms with Crippen LogP contribution in [-0.4, -0.2) is 44.6 Å². The molecule has 4 heteroatoms. The van der Waals surface area contributed by atoms with Crippen molar-refractivity contribution in [1.82, 2.24) is 16.0 Å². The molecule has 0 bridgehead atoms. The maximum atomic E-state index is 8.83.